The van der Waals surface area contributed by atoms with Crippen LogP contribution in [-0.4, -0.2) is 72.8 Å². The molecule has 0 aliphatic carbocycles. The van der Waals surface area contributed by atoms with Crippen LogP contribution in [0.2, 0.25) is 0 Å². The van der Waals surface area contributed by atoms with E-state index in [1.807, 2.05) is 37.3 Å². The van der Waals surface area contributed by atoms with Crippen LogP contribution in [0.5, 0.6) is 5.75 Å². The van der Waals surface area contributed by atoms with Crippen LogP contribution in [0.4, 0.5) is 4.39 Å². The molecular formula is C35H39FN4O8S. The lowest BCUT2D eigenvalue weighted by Crippen LogP contribution is -2.38. The van der Waals surface area contributed by atoms with Gasteiger partial charge < -0.3 is 24.6 Å². The van der Waals surface area contributed by atoms with Crippen LogP contribution >= 0.6 is 0 Å². The zero-order valence-corrected chi connectivity index (χ0v) is 28.2. The number of para-hydroxylation sites is 1. The largest absolute Gasteiger partial charge is 0.497 e. The van der Waals surface area contributed by atoms with Crippen molar-refractivity contribution < 1.29 is 36.9 Å². The predicted molar refractivity (Wildman–Crippen MR) is 179 cm³/mol. The first-order chi connectivity index (χ1) is 23.5. The second-order valence-electron chi connectivity index (χ2n) is 11.4. The van der Waals surface area contributed by atoms with Crippen LogP contribution in [-0.2, 0) is 37.9 Å². The third-order valence-electron chi connectivity index (χ3n) is 8.31. The van der Waals surface area contributed by atoms with E-state index in [-0.39, 0.29) is 48.9 Å². The fraction of sp³-hybridized carbons (Fsp3) is 0.314. The van der Waals surface area contributed by atoms with Gasteiger partial charge >= 0.3 is 0 Å². The molecule has 14 heteroatoms. The fourth-order valence-electron chi connectivity index (χ4n) is 5.65. The van der Waals surface area contributed by atoms with Crippen molar-refractivity contribution in [2.24, 2.45) is 7.05 Å². The number of rotatable bonds is 14. The second-order valence-corrected chi connectivity index (χ2v) is 13.3. The summed E-state index contributed by atoms with van der Waals surface area (Å²) in [4.78, 5) is 27.3. The monoisotopic (exact) mass is 694 g/mol. The first-order valence-electron chi connectivity index (χ1n) is 15.6. The highest BCUT2D eigenvalue weighted by molar-refractivity contribution is 7.89. The van der Waals surface area contributed by atoms with E-state index in [2.05, 4.69) is 5.32 Å². The number of ether oxygens (including phenoxy) is 3. The molecule has 5 rings (SSSR count). The molecule has 0 saturated carbocycles. The van der Waals surface area contributed by atoms with Crippen LogP contribution < -0.4 is 15.6 Å². The third kappa shape index (κ3) is 8.11. The summed E-state index contributed by atoms with van der Waals surface area (Å²) in [5.41, 5.74) is 2.21. The van der Waals surface area contributed by atoms with Gasteiger partial charge in [0, 0.05) is 50.3 Å². The molecule has 4 aromatic rings. The van der Waals surface area contributed by atoms with Crippen molar-refractivity contribution in [3.8, 4) is 11.4 Å². The van der Waals surface area contributed by atoms with E-state index in [0.717, 1.165) is 4.31 Å². The minimum Gasteiger partial charge on any atom is -0.497 e. The number of carbonyl (C=O) groups excluding carboxylic acids is 1. The number of amides is 1. The van der Waals surface area contributed by atoms with Crippen molar-refractivity contribution >= 4 is 15.9 Å². The SMILES string of the molecule is COc1ccc(S(=O)(=O)N(CCO)CCO[C@@H]2C[C@H](c3c(C)n(C)n(-c4ccccc4)c3=O)C=C(C(=O)NCc3ccc(F)cc3)O2)cc1. The molecule has 0 fully saturated rings. The zero-order chi connectivity index (χ0) is 35.1. The molecule has 2 atom stereocenters. The summed E-state index contributed by atoms with van der Waals surface area (Å²) < 4.78 is 61.7. The maximum absolute atomic E-state index is 13.9. The molecule has 3 aromatic carbocycles. The molecule has 0 spiro atoms. The second kappa shape index (κ2) is 15.6. The predicted octanol–water partition coefficient (Wildman–Crippen LogP) is 3.36. The number of aliphatic hydroxyl groups excluding tert-OH is 1. The van der Waals surface area contributed by atoms with Crippen molar-refractivity contribution in [2.45, 2.75) is 37.0 Å². The average molecular weight is 695 g/mol. The zero-order valence-electron chi connectivity index (χ0n) is 27.4. The van der Waals surface area contributed by atoms with Crippen molar-refractivity contribution in [1.29, 1.82) is 0 Å². The Kier molecular flexibility index (Phi) is 11.3. The molecule has 0 bridgehead atoms. The molecule has 1 amide bonds. The Balaban J connectivity index is 1.38. The van der Waals surface area contributed by atoms with Crippen molar-refractivity contribution in [1.82, 2.24) is 19.0 Å². The summed E-state index contributed by atoms with van der Waals surface area (Å²) in [6.45, 7) is 1.06. The number of carbonyl (C=O) groups is 1. The molecule has 12 nitrogen and oxygen atoms in total. The minimum atomic E-state index is -3.99. The van der Waals surface area contributed by atoms with Crippen molar-refractivity contribution in [2.75, 3.05) is 33.4 Å². The number of nitrogens with zero attached hydrogens (tertiary/aromatic N) is 3. The van der Waals surface area contributed by atoms with Gasteiger partial charge in [0.05, 0.1) is 30.9 Å². The molecule has 49 heavy (non-hydrogen) atoms. The first-order valence-corrected chi connectivity index (χ1v) is 17.1. The summed E-state index contributed by atoms with van der Waals surface area (Å²) in [5, 5.41) is 12.4. The lowest BCUT2D eigenvalue weighted by Gasteiger charge is -2.29. The molecule has 0 radical (unpaired) electrons. The number of hydrogen-bond donors (Lipinski definition) is 2. The van der Waals surface area contributed by atoms with Crippen LogP contribution in [0.1, 0.15) is 29.2 Å². The van der Waals surface area contributed by atoms with Gasteiger partial charge in [-0.25, -0.2) is 17.5 Å². The standard InChI is InChI=1S/C35H39FN4O8S/c1-24-33(35(43)40(38(24)2)28-7-5-4-6-8-28)26-21-31(34(42)37-23-25-9-11-27(36)12-10-25)48-32(22-26)47-20-18-39(17-19-41)49(44,45)30-15-13-29(46-3)14-16-30/h4-16,21,26,32,41H,17-20,22-23H2,1-3H3,(H,37,42)/t26-,32+/m1/s1. The number of benzene rings is 3. The number of halogens is 1. The molecule has 2 N–H and O–H groups in total. The highest BCUT2D eigenvalue weighted by atomic mass is 32.2. The molecule has 0 unspecified atom stereocenters. The number of allylic oxidation sites excluding steroid dienone is 1. The number of hydrogen-bond acceptors (Lipinski definition) is 8. The van der Waals surface area contributed by atoms with E-state index in [1.165, 1.54) is 43.5 Å². The Morgan fingerprint density at radius 3 is 2.41 bits per heavy atom. The lowest BCUT2D eigenvalue weighted by atomic mass is 9.93. The van der Waals surface area contributed by atoms with E-state index in [0.29, 0.717) is 28.3 Å². The molecule has 1 aliphatic rings. The molecule has 1 aliphatic heterocycles. The quantitative estimate of drug-likeness (QED) is 0.205. The van der Waals surface area contributed by atoms with Gasteiger partial charge in [0.25, 0.3) is 11.5 Å². The minimum absolute atomic E-state index is 0.0213. The molecule has 1 aromatic heterocycles. The number of methoxy groups -OCH3 is 1. The van der Waals surface area contributed by atoms with Gasteiger partial charge in [-0.15, -0.1) is 0 Å². The summed E-state index contributed by atoms with van der Waals surface area (Å²) in [6.07, 6.45) is 0.727. The van der Waals surface area contributed by atoms with Gasteiger partial charge in [0.2, 0.25) is 16.3 Å². The maximum atomic E-state index is 13.9. The molecular weight excluding hydrogens is 655 g/mol. The maximum Gasteiger partial charge on any atom is 0.286 e. The Hall–Kier alpha value is -4.76. The fourth-order valence-corrected chi connectivity index (χ4v) is 7.07. The van der Waals surface area contributed by atoms with E-state index >= 15 is 0 Å². The van der Waals surface area contributed by atoms with Crippen LogP contribution in [0.15, 0.2) is 100 Å². The first kappa shape index (κ1) is 35.5. The smallest absolute Gasteiger partial charge is 0.286 e. The number of sulfonamides is 1. The third-order valence-corrected chi connectivity index (χ3v) is 10.2. The van der Waals surface area contributed by atoms with E-state index < -0.39 is 40.6 Å². The molecule has 0 saturated heterocycles. The topological polar surface area (TPSA) is 141 Å². The van der Waals surface area contributed by atoms with Gasteiger partial charge in [-0.2, -0.15) is 4.31 Å². The van der Waals surface area contributed by atoms with Gasteiger partial charge in [-0.1, -0.05) is 30.3 Å². The van der Waals surface area contributed by atoms with E-state index in [1.54, 1.807) is 34.6 Å². The highest BCUT2D eigenvalue weighted by Gasteiger charge is 2.33. The van der Waals surface area contributed by atoms with Crippen molar-refractivity contribution in [3.05, 3.63) is 124 Å². The number of aliphatic hydroxyl groups is 1. The van der Waals surface area contributed by atoms with Gasteiger partial charge in [0.15, 0.2) is 5.76 Å². The lowest BCUT2D eigenvalue weighted by molar-refractivity contribution is -0.146. The highest BCUT2D eigenvalue weighted by Crippen LogP contribution is 2.32. The van der Waals surface area contributed by atoms with Crippen LogP contribution in [0.25, 0.3) is 5.69 Å². The van der Waals surface area contributed by atoms with E-state index in [9.17, 15) is 27.5 Å². The summed E-state index contributed by atoms with van der Waals surface area (Å²) in [7, 11) is -0.740. The molecule has 260 valence electrons. The van der Waals surface area contributed by atoms with E-state index in [4.69, 9.17) is 14.2 Å². The van der Waals surface area contributed by atoms with Crippen LogP contribution in [0.3, 0.4) is 0 Å². The number of aromatic nitrogens is 2. The van der Waals surface area contributed by atoms with Gasteiger partial charge in [-0.3, -0.25) is 14.3 Å². The van der Waals surface area contributed by atoms with Gasteiger partial charge in [0.1, 0.15) is 11.6 Å². The Labute approximate surface area is 284 Å². The summed E-state index contributed by atoms with van der Waals surface area (Å²) in [6, 6.07) is 20.8. The van der Waals surface area contributed by atoms with Gasteiger partial charge in [-0.05, 0) is 67.1 Å². The average Bonchev–Trinajstić information content (AvgIpc) is 3.34. The number of nitrogens with one attached hydrogen (secondary N) is 1. The van der Waals surface area contributed by atoms with Crippen LogP contribution in [0, 0.1) is 12.7 Å². The summed E-state index contributed by atoms with van der Waals surface area (Å²) >= 11 is 0. The molecule has 2 heterocycles. The Bertz CT molecular complexity index is 1940. The summed E-state index contributed by atoms with van der Waals surface area (Å²) in [5.74, 6) is -1.14. The Morgan fingerprint density at radius 1 is 1.06 bits per heavy atom. The normalized spacial score (nSPS) is 16.2. The van der Waals surface area contributed by atoms with Crippen molar-refractivity contribution in [3.63, 3.8) is 0 Å². The Morgan fingerprint density at radius 2 is 1.76 bits per heavy atom.